The number of hydrogen-bond donors (Lipinski definition) is 2. The van der Waals surface area contributed by atoms with Gasteiger partial charge in [-0.15, -0.1) is 0 Å². The monoisotopic (exact) mass is 459 g/mol. The van der Waals surface area contributed by atoms with Crippen LogP contribution >= 0.6 is 11.6 Å². The van der Waals surface area contributed by atoms with Crippen LogP contribution in [-0.2, 0) is 20.7 Å². The van der Waals surface area contributed by atoms with Crippen LogP contribution in [-0.4, -0.2) is 29.1 Å². The van der Waals surface area contributed by atoms with E-state index in [-0.39, 0.29) is 18.4 Å². The van der Waals surface area contributed by atoms with Gasteiger partial charge in [0.25, 0.3) is 0 Å². The first-order chi connectivity index (χ1) is 15.2. The number of halogens is 1. The van der Waals surface area contributed by atoms with Crippen molar-refractivity contribution in [3.8, 4) is 5.75 Å². The van der Waals surface area contributed by atoms with Crippen molar-refractivity contribution < 1.29 is 24.2 Å². The van der Waals surface area contributed by atoms with E-state index < -0.39 is 17.6 Å². The van der Waals surface area contributed by atoms with Crippen LogP contribution in [0.4, 0.5) is 0 Å². The number of carboxylic acids is 1. The molecule has 2 aromatic rings. The van der Waals surface area contributed by atoms with Crippen molar-refractivity contribution >= 4 is 23.5 Å². The first kappa shape index (κ1) is 24.1. The molecule has 0 aliphatic carbocycles. The lowest BCUT2D eigenvalue weighted by Gasteiger charge is -2.43. The number of ether oxygens (including phenoxy) is 2. The number of benzene rings is 2. The number of nitrogens with one attached hydrogen (secondary N) is 1. The van der Waals surface area contributed by atoms with Crippen molar-refractivity contribution in [3.63, 3.8) is 0 Å². The summed E-state index contributed by atoms with van der Waals surface area (Å²) in [5.74, 6) is -0.342. The first-order valence-electron chi connectivity index (χ1n) is 10.9. The lowest BCUT2D eigenvalue weighted by molar-refractivity contribution is -0.136. The van der Waals surface area contributed by atoms with Crippen molar-refractivity contribution in [2.24, 2.45) is 0 Å². The maximum Gasteiger partial charge on any atom is 0.307 e. The zero-order chi connectivity index (χ0) is 23.3. The molecule has 32 heavy (non-hydrogen) atoms. The van der Waals surface area contributed by atoms with Gasteiger partial charge in [0.05, 0.1) is 25.2 Å². The molecule has 6 nitrogen and oxygen atoms in total. The first-order valence-corrected chi connectivity index (χ1v) is 11.2. The molecule has 0 bridgehead atoms. The Bertz CT molecular complexity index is 979. The highest BCUT2D eigenvalue weighted by atomic mass is 35.5. The molecule has 1 fully saturated rings. The van der Waals surface area contributed by atoms with Gasteiger partial charge in [0, 0.05) is 35.9 Å². The Hall–Kier alpha value is -2.57. The molecule has 1 aliphatic heterocycles. The van der Waals surface area contributed by atoms with Gasteiger partial charge >= 0.3 is 5.97 Å². The molecule has 3 rings (SSSR count). The number of carbonyl (C=O) groups excluding carboxylic acids is 1. The molecule has 2 aromatic carbocycles. The summed E-state index contributed by atoms with van der Waals surface area (Å²) in [5.41, 5.74) is 1.87. The summed E-state index contributed by atoms with van der Waals surface area (Å²) in [4.78, 5) is 23.3. The van der Waals surface area contributed by atoms with E-state index in [1.807, 2.05) is 50.2 Å². The summed E-state index contributed by atoms with van der Waals surface area (Å²) >= 11 is 6.22. The van der Waals surface area contributed by atoms with Gasteiger partial charge in [-0.3, -0.25) is 9.59 Å². The van der Waals surface area contributed by atoms with E-state index in [1.165, 1.54) is 6.92 Å². The highest BCUT2D eigenvalue weighted by Crippen LogP contribution is 2.46. The van der Waals surface area contributed by atoms with E-state index in [1.54, 1.807) is 6.07 Å². The Kier molecular flexibility index (Phi) is 7.80. The minimum Gasteiger partial charge on any atom is -0.493 e. The number of rotatable bonds is 8. The topological polar surface area (TPSA) is 84.9 Å². The van der Waals surface area contributed by atoms with E-state index in [0.717, 1.165) is 17.5 Å². The van der Waals surface area contributed by atoms with E-state index in [0.29, 0.717) is 35.8 Å². The van der Waals surface area contributed by atoms with E-state index in [9.17, 15) is 14.7 Å². The van der Waals surface area contributed by atoms with Crippen LogP contribution in [0.25, 0.3) is 0 Å². The van der Waals surface area contributed by atoms with E-state index in [4.69, 9.17) is 21.1 Å². The quantitative estimate of drug-likeness (QED) is 0.563. The molecule has 1 aliphatic rings. The van der Waals surface area contributed by atoms with E-state index in [2.05, 4.69) is 5.32 Å². The fourth-order valence-corrected chi connectivity index (χ4v) is 4.49. The maximum absolute atomic E-state index is 12.0. The van der Waals surface area contributed by atoms with Crippen LogP contribution in [0.1, 0.15) is 68.9 Å². The molecule has 3 atom stereocenters. The lowest BCUT2D eigenvalue weighted by atomic mass is 9.81. The zero-order valence-corrected chi connectivity index (χ0v) is 19.4. The van der Waals surface area contributed by atoms with Crippen LogP contribution in [0.2, 0.25) is 5.02 Å². The largest absolute Gasteiger partial charge is 0.493 e. The van der Waals surface area contributed by atoms with Gasteiger partial charge in [0.1, 0.15) is 5.75 Å². The predicted octanol–water partition coefficient (Wildman–Crippen LogP) is 5.24. The standard InChI is InChI=1S/C25H30ClNO5/c1-4-10-31-21-9-8-17(12-24(29)30)11-20(21)23-15-25(3,27-16(2)28)14-22(32-23)18-6-5-7-19(26)13-18/h5-9,11,13,22-23H,4,10,12,14-15H2,1-3H3,(H,27,28)(H,29,30)/t22-,23+,25-/m0/s1. The van der Waals surface area contributed by atoms with Gasteiger partial charge in [-0.05, 0) is 48.7 Å². The molecule has 0 aromatic heterocycles. The molecule has 7 heteroatoms. The Labute approximate surface area is 193 Å². The fourth-order valence-electron chi connectivity index (χ4n) is 4.29. The molecule has 0 saturated carbocycles. The third kappa shape index (κ3) is 6.24. The second-order valence-corrected chi connectivity index (χ2v) is 9.05. The smallest absolute Gasteiger partial charge is 0.307 e. The summed E-state index contributed by atoms with van der Waals surface area (Å²) in [5, 5.41) is 13.0. The lowest BCUT2D eigenvalue weighted by Crippen LogP contribution is -2.50. The van der Waals surface area contributed by atoms with Crippen molar-refractivity contribution in [2.75, 3.05) is 6.61 Å². The van der Waals surface area contributed by atoms with Crippen LogP contribution in [0.15, 0.2) is 42.5 Å². The van der Waals surface area contributed by atoms with Crippen LogP contribution < -0.4 is 10.1 Å². The van der Waals surface area contributed by atoms with Gasteiger partial charge in [-0.1, -0.05) is 36.7 Å². The summed E-state index contributed by atoms with van der Waals surface area (Å²) in [6.45, 7) is 6.08. The average molecular weight is 460 g/mol. The molecule has 1 amide bonds. The number of carboxylic acid groups (broad SMARTS) is 1. The SMILES string of the molecule is CCCOc1ccc(CC(=O)O)cc1[C@H]1C[C@@](C)(NC(C)=O)C[C@@H](c2cccc(Cl)c2)O1. The van der Waals surface area contributed by atoms with Gasteiger partial charge < -0.3 is 19.9 Å². The average Bonchev–Trinajstić information content (AvgIpc) is 2.71. The molecular weight excluding hydrogens is 430 g/mol. The van der Waals surface area contributed by atoms with Crippen molar-refractivity contribution in [1.82, 2.24) is 5.32 Å². The van der Waals surface area contributed by atoms with Gasteiger partial charge in [0.15, 0.2) is 0 Å². The number of aliphatic carboxylic acids is 1. The highest BCUT2D eigenvalue weighted by molar-refractivity contribution is 6.30. The number of hydrogen-bond acceptors (Lipinski definition) is 4. The minimum atomic E-state index is -0.900. The summed E-state index contributed by atoms with van der Waals surface area (Å²) in [7, 11) is 0. The zero-order valence-electron chi connectivity index (χ0n) is 18.7. The summed E-state index contributed by atoms with van der Waals surface area (Å²) in [6.07, 6.45) is 1.17. The minimum absolute atomic E-state index is 0.0888. The molecule has 2 N–H and O–H groups in total. The fraction of sp³-hybridized carbons (Fsp3) is 0.440. The third-order valence-corrected chi connectivity index (χ3v) is 5.77. The van der Waals surface area contributed by atoms with Crippen molar-refractivity contribution in [2.45, 2.75) is 64.2 Å². The Morgan fingerprint density at radius 3 is 2.62 bits per heavy atom. The summed E-state index contributed by atoms with van der Waals surface area (Å²) in [6, 6.07) is 12.9. The van der Waals surface area contributed by atoms with Crippen molar-refractivity contribution in [3.05, 3.63) is 64.2 Å². The van der Waals surface area contributed by atoms with Gasteiger partial charge in [-0.25, -0.2) is 0 Å². The van der Waals surface area contributed by atoms with Crippen LogP contribution in [0.3, 0.4) is 0 Å². The Balaban J connectivity index is 2.02. The molecule has 172 valence electrons. The Morgan fingerprint density at radius 2 is 1.97 bits per heavy atom. The molecule has 1 saturated heterocycles. The second kappa shape index (κ2) is 10.4. The molecule has 0 spiro atoms. The highest BCUT2D eigenvalue weighted by Gasteiger charge is 2.41. The van der Waals surface area contributed by atoms with Gasteiger partial charge in [-0.2, -0.15) is 0 Å². The molecular formula is C25H30ClNO5. The normalized spacial score (nSPS) is 22.9. The molecule has 0 radical (unpaired) electrons. The van der Waals surface area contributed by atoms with E-state index >= 15 is 0 Å². The number of amides is 1. The van der Waals surface area contributed by atoms with Crippen LogP contribution in [0, 0.1) is 0 Å². The summed E-state index contributed by atoms with van der Waals surface area (Å²) < 4.78 is 12.5. The predicted molar refractivity (Wildman–Crippen MR) is 123 cm³/mol. The molecule has 0 unspecified atom stereocenters. The number of carbonyl (C=O) groups is 2. The second-order valence-electron chi connectivity index (χ2n) is 8.61. The maximum atomic E-state index is 12.0. The van der Waals surface area contributed by atoms with Crippen LogP contribution in [0.5, 0.6) is 5.75 Å². The Morgan fingerprint density at radius 1 is 1.22 bits per heavy atom. The molecule has 1 heterocycles. The third-order valence-electron chi connectivity index (χ3n) is 5.54. The van der Waals surface area contributed by atoms with Crippen molar-refractivity contribution in [1.29, 1.82) is 0 Å². The van der Waals surface area contributed by atoms with Gasteiger partial charge in [0.2, 0.25) is 5.91 Å².